The Bertz CT molecular complexity index is 929. The van der Waals surface area contributed by atoms with Gasteiger partial charge >= 0.3 is 0 Å². The van der Waals surface area contributed by atoms with Gasteiger partial charge in [0.05, 0.1) is 13.7 Å². The maximum atomic E-state index is 12.9. The molecule has 7 heteroatoms. The average Bonchev–Trinajstić information content (AvgIpc) is 3.16. The predicted octanol–water partition coefficient (Wildman–Crippen LogP) is 2.98. The highest BCUT2D eigenvalue weighted by molar-refractivity contribution is 5.78. The molecule has 172 valence electrons. The van der Waals surface area contributed by atoms with Gasteiger partial charge in [-0.3, -0.25) is 15.0 Å². The number of carbonyl (C=O) groups excluding carboxylic acids is 1. The van der Waals surface area contributed by atoms with Crippen molar-refractivity contribution in [1.29, 1.82) is 0 Å². The minimum Gasteiger partial charge on any atom is -0.497 e. The summed E-state index contributed by atoms with van der Waals surface area (Å²) in [6.45, 7) is 9.03. The summed E-state index contributed by atoms with van der Waals surface area (Å²) in [6, 6.07) is 14.1. The Balaban J connectivity index is 1.28. The van der Waals surface area contributed by atoms with Gasteiger partial charge in [0.25, 0.3) is 0 Å². The summed E-state index contributed by atoms with van der Waals surface area (Å²) >= 11 is 0. The van der Waals surface area contributed by atoms with Crippen molar-refractivity contribution < 1.29 is 19.0 Å². The molecule has 1 saturated heterocycles. The molecule has 0 aromatic heterocycles. The summed E-state index contributed by atoms with van der Waals surface area (Å²) in [5.41, 5.74) is 1.97. The summed E-state index contributed by atoms with van der Waals surface area (Å²) in [6.07, 6.45) is 0.980. The molecule has 2 aliphatic heterocycles. The van der Waals surface area contributed by atoms with Crippen molar-refractivity contribution >= 4 is 5.91 Å². The van der Waals surface area contributed by atoms with Crippen molar-refractivity contribution in [2.45, 2.75) is 32.4 Å². The van der Waals surface area contributed by atoms with E-state index >= 15 is 0 Å². The Kier molecular flexibility index (Phi) is 6.86. The van der Waals surface area contributed by atoms with Gasteiger partial charge in [0.2, 0.25) is 12.7 Å². The average molecular weight is 440 g/mol. The van der Waals surface area contributed by atoms with E-state index in [-0.39, 0.29) is 18.2 Å². The zero-order chi connectivity index (χ0) is 22.6. The summed E-state index contributed by atoms with van der Waals surface area (Å²) in [4.78, 5) is 17.3. The van der Waals surface area contributed by atoms with Gasteiger partial charge < -0.3 is 19.1 Å². The van der Waals surface area contributed by atoms with Gasteiger partial charge in [-0.15, -0.1) is 0 Å². The number of hydrogen-bond acceptors (Lipinski definition) is 6. The number of ether oxygens (including phenoxy) is 3. The van der Waals surface area contributed by atoms with E-state index in [0.717, 1.165) is 62.0 Å². The first kappa shape index (κ1) is 22.4. The van der Waals surface area contributed by atoms with Gasteiger partial charge in [0, 0.05) is 38.3 Å². The Morgan fingerprint density at radius 2 is 1.81 bits per heavy atom. The smallest absolute Gasteiger partial charge is 0.236 e. The Morgan fingerprint density at radius 1 is 1.03 bits per heavy atom. The first-order valence-electron chi connectivity index (χ1n) is 11.2. The Labute approximate surface area is 190 Å². The fourth-order valence-corrected chi connectivity index (χ4v) is 4.16. The maximum absolute atomic E-state index is 12.9. The van der Waals surface area contributed by atoms with E-state index in [2.05, 4.69) is 36.2 Å². The molecule has 0 bridgehead atoms. The highest BCUT2D eigenvalue weighted by atomic mass is 16.7. The van der Waals surface area contributed by atoms with E-state index in [1.807, 2.05) is 35.2 Å². The molecule has 0 aliphatic carbocycles. The molecule has 0 radical (unpaired) electrons. The van der Waals surface area contributed by atoms with Crippen molar-refractivity contribution in [1.82, 2.24) is 15.1 Å². The lowest BCUT2D eigenvalue weighted by Gasteiger charge is -2.29. The SMILES string of the molecule is COc1ccc(CN2CCCN(C(=O)CNC(C)(C)c3ccc4c(c3)OCO4)CC2)cc1. The van der Waals surface area contributed by atoms with Crippen LogP contribution in [0.5, 0.6) is 17.2 Å². The second kappa shape index (κ2) is 9.79. The second-order valence-corrected chi connectivity index (χ2v) is 8.91. The van der Waals surface area contributed by atoms with Gasteiger partial charge in [0.1, 0.15) is 5.75 Å². The minimum absolute atomic E-state index is 0.144. The molecule has 7 nitrogen and oxygen atoms in total. The van der Waals surface area contributed by atoms with Crippen molar-refractivity contribution in [3.63, 3.8) is 0 Å². The molecular formula is C25H33N3O4. The number of rotatable bonds is 7. The quantitative estimate of drug-likeness (QED) is 0.716. The molecule has 32 heavy (non-hydrogen) atoms. The van der Waals surface area contributed by atoms with Crippen molar-refractivity contribution in [2.24, 2.45) is 0 Å². The van der Waals surface area contributed by atoms with Crippen molar-refractivity contribution in [3.8, 4) is 17.2 Å². The fraction of sp³-hybridized carbons (Fsp3) is 0.480. The van der Waals surface area contributed by atoms with Gasteiger partial charge in [-0.2, -0.15) is 0 Å². The van der Waals surface area contributed by atoms with E-state index in [1.54, 1.807) is 7.11 Å². The Hall–Kier alpha value is -2.77. The van der Waals surface area contributed by atoms with Crippen LogP contribution in [0.4, 0.5) is 0 Å². The first-order valence-corrected chi connectivity index (χ1v) is 11.2. The van der Waals surface area contributed by atoms with Crippen molar-refractivity contribution in [2.75, 3.05) is 46.6 Å². The molecular weight excluding hydrogens is 406 g/mol. The van der Waals surface area contributed by atoms with E-state index in [0.29, 0.717) is 6.54 Å². The molecule has 2 aromatic carbocycles. The molecule has 4 rings (SSSR count). The monoisotopic (exact) mass is 439 g/mol. The zero-order valence-corrected chi connectivity index (χ0v) is 19.2. The molecule has 2 aliphatic rings. The molecule has 2 aromatic rings. The number of fused-ring (bicyclic) bond motifs is 1. The van der Waals surface area contributed by atoms with Crippen LogP contribution in [0.3, 0.4) is 0 Å². The third-order valence-corrected chi connectivity index (χ3v) is 6.28. The molecule has 0 spiro atoms. The van der Waals surface area contributed by atoms with Gasteiger partial charge in [0.15, 0.2) is 11.5 Å². The van der Waals surface area contributed by atoms with Crippen LogP contribution in [0.1, 0.15) is 31.4 Å². The van der Waals surface area contributed by atoms with Crippen LogP contribution in [-0.4, -0.2) is 62.3 Å². The highest BCUT2D eigenvalue weighted by Crippen LogP contribution is 2.35. The van der Waals surface area contributed by atoms with Crippen LogP contribution in [0.25, 0.3) is 0 Å². The standard InChI is InChI=1S/C25H33N3O4/c1-25(2,20-7-10-22-23(15-20)32-18-31-22)26-16-24(29)28-12-4-11-27(13-14-28)17-19-5-8-21(30-3)9-6-19/h5-10,15,26H,4,11-14,16-18H2,1-3H3. The molecule has 1 fully saturated rings. The van der Waals surface area contributed by atoms with Crippen molar-refractivity contribution in [3.05, 3.63) is 53.6 Å². The summed E-state index contributed by atoms with van der Waals surface area (Å²) in [7, 11) is 1.68. The first-order chi connectivity index (χ1) is 15.4. The number of nitrogens with one attached hydrogen (secondary N) is 1. The van der Waals surface area contributed by atoms with Crippen LogP contribution < -0.4 is 19.5 Å². The summed E-state index contributed by atoms with van der Waals surface area (Å²) < 4.78 is 16.1. The van der Waals surface area contributed by atoms with E-state index in [9.17, 15) is 4.79 Å². The third-order valence-electron chi connectivity index (χ3n) is 6.28. The molecule has 1 amide bonds. The lowest BCUT2D eigenvalue weighted by Crippen LogP contribution is -2.45. The van der Waals surface area contributed by atoms with E-state index in [1.165, 1.54) is 5.56 Å². The molecule has 1 N–H and O–H groups in total. The Morgan fingerprint density at radius 3 is 2.59 bits per heavy atom. The van der Waals surface area contributed by atoms with E-state index in [4.69, 9.17) is 14.2 Å². The minimum atomic E-state index is -0.358. The molecule has 0 saturated carbocycles. The van der Waals surface area contributed by atoms with Gasteiger partial charge in [-0.05, 0) is 55.7 Å². The largest absolute Gasteiger partial charge is 0.497 e. The van der Waals surface area contributed by atoms with Crippen LogP contribution >= 0.6 is 0 Å². The number of benzene rings is 2. The number of nitrogens with zero attached hydrogens (tertiary/aromatic N) is 2. The van der Waals surface area contributed by atoms with Gasteiger partial charge in [-0.25, -0.2) is 0 Å². The summed E-state index contributed by atoms with van der Waals surface area (Å²) in [5.74, 6) is 2.54. The zero-order valence-electron chi connectivity index (χ0n) is 19.2. The lowest BCUT2D eigenvalue weighted by molar-refractivity contribution is -0.130. The number of amides is 1. The van der Waals surface area contributed by atoms with E-state index < -0.39 is 0 Å². The third kappa shape index (κ3) is 5.34. The van der Waals surface area contributed by atoms with Crippen LogP contribution in [0.15, 0.2) is 42.5 Å². The molecule has 0 unspecified atom stereocenters. The summed E-state index contributed by atoms with van der Waals surface area (Å²) in [5, 5.41) is 3.43. The fourth-order valence-electron chi connectivity index (χ4n) is 4.16. The number of hydrogen-bond donors (Lipinski definition) is 1. The number of carbonyl (C=O) groups is 1. The normalized spacial score (nSPS) is 16.7. The second-order valence-electron chi connectivity index (χ2n) is 8.91. The van der Waals surface area contributed by atoms with Crippen LogP contribution in [-0.2, 0) is 16.9 Å². The van der Waals surface area contributed by atoms with Gasteiger partial charge in [-0.1, -0.05) is 18.2 Å². The molecule has 2 heterocycles. The maximum Gasteiger partial charge on any atom is 0.236 e. The topological polar surface area (TPSA) is 63.3 Å². The molecule has 0 atom stereocenters. The van der Waals surface area contributed by atoms with Crippen LogP contribution in [0, 0.1) is 0 Å². The van der Waals surface area contributed by atoms with Crippen LogP contribution in [0.2, 0.25) is 0 Å². The predicted molar refractivity (Wildman–Crippen MR) is 123 cm³/mol. The number of methoxy groups -OCH3 is 1. The highest BCUT2D eigenvalue weighted by Gasteiger charge is 2.26. The lowest BCUT2D eigenvalue weighted by atomic mass is 9.94.